The molecule has 4 nitrogen and oxygen atoms in total. The van der Waals surface area contributed by atoms with Gasteiger partial charge in [0.15, 0.2) is 0 Å². The topological polar surface area (TPSA) is 49.8 Å². The number of rotatable bonds is 2. The second kappa shape index (κ2) is 7.41. The highest BCUT2D eigenvalue weighted by atomic mass is 16.5. The molecule has 4 rings (SSSR count). The molecule has 1 saturated heterocycles. The number of fused-ring (bicyclic) bond motifs is 1. The van der Waals surface area contributed by atoms with E-state index in [4.69, 9.17) is 4.74 Å². The van der Waals surface area contributed by atoms with Crippen molar-refractivity contribution in [3.8, 4) is 16.9 Å². The van der Waals surface area contributed by atoms with E-state index < -0.39 is 0 Å². The van der Waals surface area contributed by atoms with E-state index in [9.17, 15) is 9.90 Å². The third kappa shape index (κ3) is 3.53. The summed E-state index contributed by atoms with van der Waals surface area (Å²) < 4.78 is 5.63. The van der Waals surface area contributed by atoms with Gasteiger partial charge in [0.05, 0.1) is 6.10 Å². The largest absolute Gasteiger partial charge is 0.507 e. The first-order valence-electron chi connectivity index (χ1n) is 9.35. The number of hydrogen-bond donors (Lipinski definition) is 1. The van der Waals surface area contributed by atoms with Crippen LogP contribution in [-0.2, 0) is 4.74 Å². The van der Waals surface area contributed by atoms with Crippen LogP contribution in [-0.4, -0.2) is 41.7 Å². The fraction of sp³-hybridized carbons (Fsp3) is 0.261. The predicted octanol–water partition coefficient (Wildman–Crippen LogP) is 4.46. The predicted molar refractivity (Wildman–Crippen MR) is 107 cm³/mol. The molecule has 1 amide bonds. The minimum Gasteiger partial charge on any atom is -0.507 e. The number of phenols is 1. The lowest BCUT2D eigenvalue weighted by Crippen LogP contribution is -2.35. The van der Waals surface area contributed by atoms with Gasteiger partial charge in [-0.15, -0.1) is 0 Å². The summed E-state index contributed by atoms with van der Waals surface area (Å²) in [5.74, 6) is 0.271. The van der Waals surface area contributed by atoms with Gasteiger partial charge in [-0.05, 0) is 47.9 Å². The van der Waals surface area contributed by atoms with Crippen molar-refractivity contribution >= 4 is 16.7 Å². The Kier molecular flexibility index (Phi) is 4.82. The maximum absolute atomic E-state index is 12.8. The fourth-order valence-corrected chi connectivity index (χ4v) is 3.70. The summed E-state index contributed by atoms with van der Waals surface area (Å²) in [7, 11) is 0. The molecule has 27 heavy (non-hydrogen) atoms. The summed E-state index contributed by atoms with van der Waals surface area (Å²) in [5.41, 5.74) is 2.35. The number of phenolic OH excluding ortho intramolecular Hbond substituents is 1. The lowest BCUT2D eigenvalue weighted by Gasteiger charge is -2.22. The normalized spacial score (nSPS) is 17.7. The van der Waals surface area contributed by atoms with Gasteiger partial charge in [-0.1, -0.05) is 42.5 Å². The fourth-order valence-electron chi connectivity index (χ4n) is 3.70. The third-order valence-corrected chi connectivity index (χ3v) is 5.07. The molecule has 138 valence electrons. The number of carbonyl (C=O) groups is 1. The van der Waals surface area contributed by atoms with Crippen LogP contribution in [0.3, 0.4) is 0 Å². The summed E-state index contributed by atoms with van der Waals surface area (Å²) >= 11 is 0. The van der Waals surface area contributed by atoms with Crippen LogP contribution in [0, 0.1) is 0 Å². The average molecular weight is 361 g/mol. The van der Waals surface area contributed by atoms with Gasteiger partial charge in [0, 0.05) is 30.8 Å². The van der Waals surface area contributed by atoms with Crippen LogP contribution >= 0.6 is 0 Å². The summed E-state index contributed by atoms with van der Waals surface area (Å²) in [6.07, 6.45) is 0.918. The average Bonchev–Trinajstić information content (AvgIpc) is 2.92. The Bertz CT molecular complexity index is 965. The smallest absolute Gasteiger partial charge is 0.253 e. The van der Waals surface area contributed by atoms with E-state index in [2.05, 4.69) is 0 Å². The molecular weight excluding hydrogens is 338 g/mol. The van der Waals surface area contributed by atoms with Gasteiger partial charge in [0.25, 0.3) is 5.91 Å². The molecule has 3 aromatic rings. The molecule has 0 saturated carbocycles. The summed E-state index contributed by atoms with van der Waals surface area (Å²) in [4.78, 5) is 14.7. The molecule has 4 heteroatoms. The molecule has 0 bridgehead atoms. The van der Waals surface area contributed by atoms with E-state index in [0.29, 0.717) is 18.7 Å². The summed E-state index contributed by atoms with van der Waals surface area (Å²) in [6.45, 7) is 4.03. The van der Waals surface area contributed by atoms with Crippen molar-refractivity contribution in [2.75, 3.05) is 19.7 Å². The van der Waals surface area contributed by atoms with Crippen LogP contribution < -0.4 is 0 Å². The van der Waals surface area contributed by atoms with E-state index in [1.807, 2.05) is 66.4 Å². The zero-order valence-electron chi connectivity index (χ0n) is 15.4. The number of aromatic hydroxyl groups is 1. The second-order valence-electron chi connectivity index (χ2n) is 7.04. The van der Waals surface area contributed by atoms with Crippen molar-refractivity contribution in [2.45, 2.75) is 19.4 Å². The molecule has 1 heterocycles. The van der Waals surface area contributed by atoms with Crippen molar-refractivity contribution in [3.63, 3.8) is 0 Å². The molecule has 1 aliphatic rings. The molecule has 0 radical (unpaired) electrons. The lowest BCUT2D eigenvalue weighted by atomic mass is 9.96. The first-order chi connectivity index (χ1) is 13.1. The molecule has 3 aromatic carbocycles. The highest BCUT2D eigenvalue weighted by molar-refractivity contribution is 6.00. The Morgan fingerprint density at radius 3 is 2.67 bits per heavy atom. The number of nitrogens with zero attached hydrogens (tertiary/aromatic N) is 1. The van der Waals surface area contributed by atoms with Crippen LogP contribution in [0.1, 0.15) is 23.7 Å². The van der Waals surface area contributed by atoms with Gasteiger partial charge in [-0.3, -0.25) is 4.79 Å². The molecule has 1 aliphatic heterocycles. The first-order valence-corrected chi connectivity index (χ1v) is 9.35. The number of amides is 1. The number of carbonyl (C=O) groups excluding carboxylic acids is 1. The van der Waals surface area contributed by atoms with E-state index in [0.717, 1.165) is 34.9 Å². The Morgan fingerprint density at radius 2 is 1.85 bits per heavy atom. The molecule has 0 unspecified atom stereocenters. The standard InChI is InChI=1S/C23H23NO3/c1-16-15-24(13-4-14-27-16)23(26)19-9-7-18(8-10-19)22-20-6-3-2-5-17(20)11-12-21(22)25/h2-3,5-12,16,25H,4,13-15H2,1H3/t16-/m1/s1. The minimum absolute atomic E-state index is 0.0287. The Balaban J connectivity index is 1.65. The first kappa shape index (κ1) is 17.6. The van der Waals surface area contributed by atoms with Gasteiger partial charge >= 0.3 is 0 Å². The van der Waals surface area contributed by atoms with Crippen LogP contribution in [0.2, 0.25) is 0 Å². The maximum Gasteiger partial charge on any atom is 0.253 e. The Labute approximate surface area is 159 Å². The van der Waals surface area contributed by atoms with Gasteiger partial charge in [-0.25, -0.2) is 0 Å². The van der Waals surface area contributed by atoms with Crippen LogP contribution in [0.25, 0.3) is 21.9 Å². The number of benzene rings is 3. The zero-order chi connectivity index (χ0) is 18.8. The van der Waals surface area contributed by atoms with Crippen LogP contribution in [0.15, 0.2) is 60.7 Å². The third-order valence-electron chi connectivity index (χ3n) is 5.07. The highest BCUT2D eigenvalue weighted by Gasteiger charge is 2.21. The zero-order valence-corrected chi connectivity index (χ0v) is 15.4. The summed E-state index contributed by atoms with van der Waals surface area (Å²) in [5, 5.41) is 12.5. The molecule has 1 fully saturated rings. The van der Waals surface area contributed by atoms with Gasteiger partial charge < -0.3 is 14.7 Å². The monoisotopic (exact) mass is 361 g/mol. The van der Waals surface area contributed by atoms with Crippen LogP contribution in [0.4, 0.5) is 0 Å². The second-order valence-corrected chi connectivity index (χ2v) is 7.04. The van der Waals surface area contributed by atoms with Gasteiger partial charge in [0.1, 0.15) is 5.75 Å². The van der Waals surface area contributed by atoms with Gasteiger partial charge in [-0.2, -0.15) is 0 Å². The molecule has 1 N–H and O–H groups in total. The Morgan fingerprint density at radius 1 is 1.07 bits per heavy atom. The highest BCUT2D eigenvalue weighted by Crippen LogP contribution is 2.36. The lowest BCUT2D eigenvalue weighted by molar-refractivity contribution is 0.0563. The van der Waals surface area contributed by atoms with Crippen molar-refractivity contribution in [3.05, 3.63) is 66.2 Å². The summed E-state index contributed by atoms with van der Waals surface area (Å²) in [6, 6.07) is 19.1. The SMILES string of the molecule is C[C@@H]1CN(C(=O)c2ccc(-c3c(O)ccc4ccccc34)cc2)CCCO1. The molecule has 1 atom stereocenters. The number of ether oxygens (including phenoxy) is 1. The van der Waals surface area contributed by atoms with Crippen molar-refractivity contribution in [1.29, 1.82) is 0 Å². The van der Waals surface area contributed by atoms with Crippen molar-refractivity contribution in [2.24, 2.45) is 0 Å². The van der Waals surface area contributed by atoms with Crippen LogP contribution in [0.5, 0.6) is 5.75 Å². The molecule has 0 aliphatic carbocycles. The quantitative estimate of drug-likeness (QED) is 0.733. The van der Waals surface area contributed by atoms with Crippen molar-refractivity contribution < 1.29 is 14.6 Å². The Hall–Kier alpha value is -2.85. The molecule has 0 spiro atoms. The minimum atomic E-state index is 0.0287. The van der Waals surface area contributed by atoms with Gasteiger partial charge in [0.2, 0.25) is 0 Å². The van der Waals surface area contributed by atoms with E-state index in [1.54, 1.807) is 6.07 Å². The molecular formula is C23H23NO3. The van der Waals surface area contributed by atoms with E-state index >= 15 is 0 Å². The molecule has 0 aromatic heterocycles. The van der Waals surface area contributed by atoms with E-state index in [1.165, 1.54) is 0 Å². The number of hydrogen-bond acceptors (Lipinski definition) is 3. The van der Waals surface area contributed by atoms with Crippen molar-refractivity contribution in [1.82, 2.24) is 4.90 Å². The van der Waals surface area contributed by atoms with E-state index in [-0.39, 0.29) is 17.8 Å². The maximum atomic E-state index is 12.8.